The molecule has 1 rings (SSSR count). The summed E-state index contributed by atoms with van der Waals surface area (Å²) < 4.78 is 0. The van der Waals surface area contributed by atoms with Gasteiger partial charge in [0.2, 0.25) is 0 Å². The Labute approximate surface area is 109 Å². The van der Waals surface area contributed by atoms with Crippen molar-refractivity contribution in [2.45, 2.75) is 73.1 Å². The van der Waals surface area contributed by atoms with Crippen LogP contribution in [-0.4, -0.2) is 0 Å². The minimum atomic E-state index is 0.788. The molecule has 0 saturated carbocycles. The van der Waals surface area contributed by atoms with Crippen molar-refractivity contribution in [1.29, 1.82) is 0 Å². The van der Waals surface area contributed by atoms with E-state index in [0.29, 0.717) is 0 Å². The normalized spacial score (nSPS) is 8.88. The second-order valence-corrected chi connectivity index (χ2v) is 3.68. The molecule has 0 aromatic heterocycles. The maximum absolute atomic E-state index is 2.27. The summed E-state index contributed by atoms with van der Waals surface area (Å²) in [6, 6.07) is 10.9. The molecular weight excluding hydrogens is 204 g/mol. The summed E-state index contributed by atoms with van der Waals surface area (Å²) in [5, 5.41) is 0. The van der Waals surface area contributed by atoms with E-state index < -0.39 is 0 Å². The largest absolute Gasteiger partial charge is 0.0683 e. The van der Waals surface area contributed by atoms with Crippen molar-refractivity contribution in [2.24, 2.45) is 0 Å². The SMILES string of the molecule is CC.CC.CCCC(CCC)c1ccccc1. The maximum Gasteiger partial charge on any atom is -0.0162 e. The van der Waals surface area contributed by atoms with Gasteiger partial charge in [0.15, 0.2) is 0 Å². The van der Waals surface area contributed by atoms with Gasteiger partial charge in [-0.2, -0.15) is 0 Å². The molecule has 1 aromatic carbocycles. The maximum atomic E-state index is 2.27. The first-order valence-electron chi connectivity index (χ1n) is 7.43. The first-order valence-corrected chi connectivity index (χ1v) is 7.43. The number of benzene rings is 1. The van der Waals surface area contributed by atoms with Gasteiger partial charge >= 0.3 is 0 Å². The van der Waals surface area contributed by atoms with Gasteiger partial charge < -0.3 is 0 Å². The lowest BCUT2D eigenvalue weighted by Crippen LogP contribution is -1.97. The van der Waals surface area contributed by atoms with Crippen LogP contribution in [0.3, 0.4) is 0 Å². The zero-order valence-corrected chi connectivity index (χ0v) is 12.8. The molecule has 0 aliphatic heterocycles. The quantitative estimate of drug-likeness (QED) is 0.553. The first-order chi connectivity index (χ1) is 8.38. The van der Waals surface area contributed by atoms with Gasteiger partial charge in [-0.25, -0.2) is 0 Å². The topological polar surface area (TPSA) is 0 Å². The van der Waals surface area contributed by atoms with Crippen LogP contribution < -0.4 is 0 Å². The van der Waals surface area contributed by atoms with Crippen molar-refractivity contribution in [2.75, 3.05) is 0 Å². The molecular formula is C17H32. The summed E-state index contributed by atoms with van der Waals surface area (Å²) in [4.78, 5) is 0. The van der Waals surface area contributed by atoms with E-state index >= 15 is 0 Å². The molecule has 0 spiro atoms. The minimum Gasteiger partial charge on any atom is -0.0683 e. The zero-order valence-electron chi connectivity index (χ0n) is 12.8. The summed E-state index contributed by atoms with van der Waals surface area (Å²) in [7, 11) is 0. The minimum absolute atomic E-state index is 0.788. The van der Waals surface area contributed by atoms with Crippen LogP contribution in [0, 0.1) is 0 Å². The molecule has 0 fully saturated rings. The molecule has 0 bridgehead atoms. The van der Waals surface area contributed by atoms with Crippen molar-refractivity contribution in [3.8, 4) is 0 Å². The Hall–Kier alpha value is -0.780. The van der Waals surface area contributed by atoms with E-state index in [9.17, 15) is 0 Å². The van der Waals surface area contributed by atoms with E-state index in [1.807, 2.05) is 27.7 Å². The van der Waals surface area contributed by atoms with Gasteiger partial charge in [0.25, 0.3) is 0 Å². The van der Waals surface area contributed by atoms with Crippen LogP contribution in [-0.2, 0) is 0 Å². The molecule has 0 nitrogen and oxygen atoms in total. The summed E-state index contributed by atoms with van der Waals surface area (Å²) >= 11 is 0. The second kappa shape index (κ2) is 15.2. The molecule has 0 radical (unpaired) electrons. The van der Waals surface area contributed by atoms with E-state index in [0.717, 1.165) is 5.92 Å². The Kier molecular flexibility index (Phi) is 16.6. The van der Waals surface area contributed by atoms with E-state index in [2.05, 4.69) is 44.2 Å². The van der Waals surface area contributed by atoms with Crippen LogP contribution in [0.15, 0.2) is 30.3 Å². The standard InChI is InChI=1S/C13H20.2C2H6/c1-3-8-12(9-4-2)13-10-6-5-7-11-13;2*1-2/h5-7,10-12H,3-4,8-9H2,1-2H3;2*1-2H3. The van der Waals surface area contributed by atoms with E-state index in [-0.39, 0.29) is 0 Å². The highest BCUT2D eigenvalue weighted by Crippen LogP contribution is 2.25. The van der Waals surface area contributed by atoms with Gasteiger partial charge in [-0.3, -0.25) is 0 Å². The summed E-state index contributed by atoms with van der Waals surface area (Å²) in [5.74, 6) is 0.788. The van der Waals surface area contributed by atoms with Gasteiger partial charge in [0.05, 0.1) is 0 Å². The van der Waals surface area contributed by atoms with Crippen molar-refractivity contribution >= 4 is 0 Å². The van der Waals surface area contributed by atoms with E-state index in [1.54, 1.807) is 0 Å². The van der Waals surface area contributed by atoms with Crippen molar-refractivity contribution in [3.63, 3.8) is 0 Å². The van der Waals surface area contributed by atoms with Crippen molar-refractivity contribution in [3.05, 3.63) is 35.9 Å². The predicted molar refractivity (Wildman–Crippen MR) is 81.7 cm³/mol. The molecule has 0 amide bonds. The Morgan fingerprint density at radius 1 is 0.765 bits per heavy atom. The third kappa shape index (κ3) is 8.97. The Morgan fingerprint density at radius 3 is 1.53 bits per heavy atom. The van der Waals surface area contributed by atoms with Gasteiger partial charge in [-0.15, -0.1) is 0 Å². The summed E-state index contributed by atoms with van der Waals surface area (Å²) in [5.41, 5.74) is 1.52. The Bertz CT molecular complexity index is 207. The lowest BCUT2D eigenvalue weighted by atomic mass is 9.91. The predicted octanol–water partition coefficient (Wildman–Crippen LogP) is 6.42. The van der Waals surface area contributed by atoms with Crippen LogP contribution in [0.5, 0.6) is 0 Å². The molecule has 0 atom stereocenters. The van der Waals surface area contributed by atoms with Crippen LogP contribution >= 0.6 is 0 Å². The van der Waals surface area contributed by atoms with E-state index in [4.69, 9.17) is 0 Å². The van der Waals surface area contributed by atoms with Gasteiger partial charge in [-0.05, 0) is 24.3 Å². The molecule has 17 heavy (non-hydrogen) atoms. The zero-order chi connectivity index (χ0) is 13.5. The molecule has 0 saturated heterocycles. The van der Waals surface area contributed by atoms with Crippen molar-refractivity contribution < 1.29 is 0 Å². The number of hydrogen-bond acceptors (Lipinski definition) is 0. The van der Waals surface area contributed by atoms with E-state index in [1.165, 1.54) is 31.2 Å². The van der Waals surface area contributed by atoms with Crippen LogP contribution in [0.1, 0.15) is 78.7 Å². The van der Waals surface area contributed by atoms with Crippen molar-refractivity contribution in [1.82, 2.24) is 0 Å². The molecule has 0 N–H and O–H groups in total. The third-order valence-corrected chi connectivity index (χ3v) is 2.55. The fourth-order valence-electron chi connectivity index (χ4n) is 1.90. The molecule has 100 valence electrons. The monoisotopic (exact) mass is 236 g/mol. The lowest BCUT2D eigenvalue weighted by molar-refractivity contribution is 0.561. The first kappa shape index (κ1) is 18.6. The highest BCUT2D eigenvalue weighted by atomic mass is 14.1. The Balaban J connectivity index is 0. The second-order valence-electron chi connectivity index (χ2n) is 3.68. The molecule has 0 heterocycles. The van der Waals surface area contributed by atoms with Crippen LogP contribution in [0.25, 0.3) is 0 Å². The molecule has 0 aliphatic rings. The molecule has 0 heteroatoms. The summed E-state index contributed by atoms with van der Waals surface area (Å²) in [6.45, 7) is 12.5. The average Bonchev–Trinajstić information content (AvgIpc) is 2.44. The fourth-order valence-corrected chi connectivity index (χ4v) is 1.90. The average molecular weight is 236 g/mol. The van der Waals surface area contributed by atoms with Gasteiger partial charge in [0.1, 0.15) is 0 Å². The number of hydrogen-bond donors (Lipinski definition) is 0. The van der Waals surface area contributed by atoms with Crippen LogP contribution in [0.2, 0.25) is 0 Å². The third-order valence-electron chi connectivity index (χ3n) is 2.55. The summed E-state index contributed by atoms with van der Waals surface area (Å²) in [6.07, 6.45) is 5.24. The highest BCUT2D eigenvalue weighted by molar-refractivity contribution is 5.19. The fraction of sp³-hybridized carbons (Fsp3) is 0.647. The molecule has 1 aromatic rings. The Morgan fingerprint density at radius 2 is 1.18 bits per heavy atom. The lowest BCUT2D eigenvalue weighted by Gasteiger charge is -2.15. The van der Waals surface area contributed by atoms with Gasteiger partial charge in [-0.1, -0.05) is 84.7 Å². The molecule has 0 unspecified atom stereocenters. The molecule has 0 aliphatic carbocycles. The highest BCUT2D eigenvalue weighted by Gasteiger charge is 2.07. The van der Waals surface area contributed by atoms with Crippen LogP contribution in [0.4, 0.5) is 0 Å². The number of rotatable bonds is 5. The van der Waals surface area contributed by atoms with Gasteiger partial charge in [0, 0.05) is 0 Å². The smallest absolute Gasteiger partial charge is 0.0162 e.